The van der Waals surface area contributed by atoms with Crippen molar-refractivity contribution in [1.29, 1.82) is 0 Å². The van der Waals surface area contributed by atoms with Crippen LogP contribution < -0.4 is 0 Å². The molecule has 0 aliphatic carbocycles. The van der Waals surface area contributed by atoms with Crippen molar-refractivity contribution < 1.29 is 4.79 Å². The van der Waals surface area contributed by atoms with Gasteiger partial charge in [-0.2, -0.15) is 5.10 Å². The third kappa shape index (κ3) is 3.63. The Morgan fingerprint density at radius 2 is 2.04 bits per heavy atom. The molecule has 1 N–H and O–H groups in total. The number of hydrogen-bond acceptors (Lipinski definition) is 4. The summed E-state index contributed by atoms with van der Waals surface area (Å²) in [6, 6.07) is 2.00. The normalized spacial score (nSPS) is 15.7. The van der Waals surface area contributed by atoms with E-state index >= 15 is 0 Å². The Labute approximate surface area is 142 Å². The molecule has 0 spiro atoms. The lowest BCUT2D eigenvalue weighted by Crippen LogP contribution is -2.38. The van der Waals surface area contributed by atoms with Gasteiger partial charge in [-0.1, -0.05) is 0 Å². The minimum absolute atomic E-state index is 0.229. The Morgan fingerprint density at radius 1 is 1.29 bits per heavy atom. The van der Waals surface area contributed by atoms with Gasteiger partial charge in [-0.15, -0.1) is 0 Å². The number of likely N-dealkylation sites (tertiary alicyclic amines) is 1. The fourth-order valence-corrected chi connectivity index (χ4v) is 3.29. The Balaban J connectivity index is 1.51. The van der Waals surface area contributed by atoms with Crippen LogP contribution in [0.15, 0.2) is 12.3 Å². The molecule has 1 fully saturated rings. The molecule has 0 bridgehead atoms. The van der Waals surface area contributed by atoms with E-state index in [0.29, 0.717) is 18.8 Å². The van der Waals surface area contributed by atoms with Crippen LogP contribution >= 0.6 is 0 Å². The Bertz CT molecular complexity index is 716. The van der Waals surface area contributed by atoms with Crippen LogP contribution in [0.1, 0.15) is 53.7 Å². The van der Waals surface area contributed by atoms with Crippen molar-refractivity contribution >= 4 is 5.91 Å². The molecule has 3 heterocycles. The second-order valence-electron chi connectivity index (χ2n) is 6.60. The van der Waals surface area contributed by atoms with Crippen molar-refractivity contribution in [2.45, 2.75) is 52.4 Å². The number of carbonyl (C=O) groups is 1. The molecular weight excluding hydrogens is 302 g/mol. The summed E-state index contributed by atoms with van der Waals surface area (Å²) >= 11 is 0. The maximum absolute atomic E-state index is 12.4. The van der Waals surface area contributed by atoms with Gasteiger partial charge in [0.15, 0.2) is 0 Å². The number of hydrogen-bond donors (Lipinski definition) is 1. The molecule has 6 heteroatoms. The van der Waals surface area contributed by atoms with E-state index in [1.807, 2.05) is 37.9 Å². The van der Waals surface area contributed by atoms with Gasteiger partial charge in [0.1, 0.15) is 5.82 Å². The second-order valence-corrected chi connectivity index (χ2v) is 6.60. The van der Waals surface area contributed by atoms with E-state index in [9.17, 15) is 4.79 Å². The number of rotatable bonds is 4. The molecule has 2 aromatic heterocycles. The van der Waals surface area contributed by atoms with Crippen LogP contribution in [0.25, 0.3) is 0 Å². The van der Waals surface area contributed by atoms with Crippen molar-refractivity contribution in [2.24, 2.45) is 0 Å². The van der Waals surface area contributed by atoms with Gasteiger partial charge in [0, 0.05) is 49.4 Å². The topological polar surface area (TPSA) is 74.8 Å². The average molecular weight is 327 g/mol. The average Bonchev–Trinajstić information content (AvgIpc) is 2.92. The predicted molar refractivity (Wildman–Crippen MR) is 91.7 cm³/mol. The van der Waals surface area contributed by atoms with Crippen LogP contribution in [0.5, 0.6) is 0 Å². The molecule has 0 atom stereocenters. The van der Waals surface area contributed by atoms with Gasteiger partial charge in [-0.25, -0.2) is 9.97 Å². The third-order valence-electron chi connectivity index (χ3n) is 4.99. The molecule has 1 saturated heterocycles. The number of aromatic nitrogens is 4. The summed E-state index contributed by atoms with van der Waals surface area (Å²) in [7, 11) is 0. The minimum Gasteiger partial charge on any atom is -0.343 e. The quantitative estimate of drug-likeness (QED) is 0.936. The third-order valence-corrected chi connectivity index (χ3v) is 4.99. The first-order valence-corrected chi connectivity index (χ1v) is 8.62. The monoisotopic (exact) mass is 327 g/mol. The minimum atomic E-state index is 0.229. The molecule has 1 aliphatic rings. The van der Waals surface area contributed by atoms with Gasteiger partial charge >= 0.3 is 0 Å². The fraction of sp³-hybridized carbons (Fsp3) is 0.556. The number of H-pyrrole nitrogens is 1. The van der Waals surface area contributed by atoms with Crippen molar-refractivity contribution in [1.82, 2.24) is 25.1 Å². The molecule has 0 radical (unpaired) electrons. The van der Waals surface area contributed by atoms with Crippen LogP contribution in [-0.4, -0.2) is 44.1 Å². The van der Waals surface area contributed by atoms with Crippen LogP contribution in [-0.2, 0) is 11.2 Å². The summed E-state index contributed by atoms with van der Waals surface area (Å²) in [6.07, 6.45) is 5.01. The van der Waals surface area contributed by atoms with Gasteiger partial charge in [0.2, 0.25) is 5.91 Å². The molecule has 0 saturated carbocycles. The Kier molecular flexibility index (Phi) is 4.92. The van der Waals surface area contributed by atoms with E-state index in [2.05, 4.69) is 20.2 Å². The molecule has 0 unspecified atom stereocenters. The highest BCUT2D eigenvalue weighted by Crippen LogP contribution is 2.27. The Morgan fingerprint density at radius 3 is 2.67 bits per heavy atom. The summed E-state index contributed by atoms with van der Waals surface area (Å²) in [5.74, 6) is 1.48. The highest BCUT2D eigenvalue weighted by molar-refractivity contribution is 5.76. The van der Waals surface area contributed by atoms with Gasteiger partial charge in [-0.3, -0.25) is 9.89 Å². The summed E-state index contributed by atoms with van der Waals surface area (Å²) in [5.41, 5.74) is 4.36. The molecule has 2 aromatic rings. The molecular formula is C18H25N5O. The first kappa shape index (κ1) is 16.6. The maximum atomic E-state index is 12.4. The van der Waals surface area contributed by atoms with Crippen LogP contribution in [0.3, 0.4) is 0 Å². The van der Waals surface area contributed by atoms with Gasteiger partial charge < -0.3 is 4.90 Å². The zero-order valence-corrected chi connectivity index (χ0v) is 14.7. The standard InChI is InChI=1S/C18H25N5O/c1-12-13(2)21-22-16(12)4-5-18(24)23-10-7-15(8-11-23)17-6-9-19-14(3)20-17/h6,9,15H,4-5,7-8,10-11H2,1-3H3,(H,21,22). The zero-order chi connectivity index (χ0) is 17.1. The number of carbonyl (C=O) groups excluding carboxylic acids is 1. The second kappa shape index (κ2) is 7.11. The first-order valence-electron chi connectivity index (χ1n) is 8.62. The lowest BCUT2D eigenvalue weighted by atomic mass is 9.93. The van der Waals surface area contributed by atoms with Crippen LogP contribution in [0, 0.1) is 20.8 Å². The van der Waals surface area contributed by atoms with Crippen molar-refractivity contribution in [2.75, 3.05) is 13.1 Å². The highest BCUT2D eigenvalue weighted by Gasteiger charge is 2.24. The van der Waals surface area contributed by atoms with Gasteiger partial charge in [-0.05, 0) is 45.2 Å². The number of aromatic amines is 1. The lowest BCUT2D eigenvalue weighted by molar-refractivity contribution is -0.132. The number of aryl methyl sites for hydroxylation is 3. The number of nitrogens with one attached hydrogen (secondary N) is 1. The summed E-state index contributed by atoms with van der Waals surface area (Å²) < 4.78 is 0. The number of piperidine rings is 1. The molecule has 1 aliphatic heterocycles. The number of amides is 1. The largest absolute Gasteiger partial charge is 0.343 e. The molecule has 128 valence electrons. The van der Waals surface area contributed by atoms with Crippen molar-refractivity contribution in [3.8, 4) is 0 Å². The van der Waals surface area contributed by atoms with Crippen molar-refractivity contribution in [3.05, 3.63) is 40.7 Å². The van der Waals surface area contributed by atoms with E-state index in [0.717, 1.165) is 48.8 Å². The van der Waals surface area contributed by atoms with E-state index in [1.165, 1.54) is 5.56 Å². The number of nitrogens with zero attached hydrogens (tertiary/aromatic N) is 4. The smallest absolute Gasteiger partial charge is 0.222 e. The lowest BCUT2D eigenvalue weighted by Gasteiger charge is -2.31. The summed E-state index contributed by atoms with van der Waals surface area (Å²) in [6.45, 7) is 7.60. The SMILES string of the molecule is Cc1nccc(C2CCN(C(=O)CCc3n[nH]c(C)c3C)CC2)n1. The first-order chi connectivity index (χ1) is 11.5. The van der Waals surface area contributed by atoms with Gasteiger partial charge in [0.05, 0.1) is 5.69 Å². The van der Waals surface area contributed by atoms with E-state index in [-0.39, 0.29) is 5.91 Å². The summed E-state index contributed by atoms with van der Waals surface area (Å²) in [4.78, 5) is 23.1. The predicted octanol–water partition coefficient (Wildman–Crippen LogP) is 2.46. The zero-order valence-electron chi connectivity index (χ0n) is 14.7. The highest BCUT2D eigenvalue weighted by atomic mass is 16.2. The summed E-state index contributed by atoms with van der Waals surface area (Å²) in [5, 5.41) is 7.26. The van der Waals surface area contributed by atoms with Gasteiger partial charge in [0.25, 0.3) is 0 Å². The van der Waals surface area contributed by atoms with E-state index < -0.39 is 0 Å². The van der Waals surface area contributed by atoms with Crippen LogP contribution in [0.2, 0.25) is 0 Å². The molecule has 0 aromatic carbocycles. The van der Waals surface area contributed by atoms with E-state index in [1.54, 1.807) is 0 Å². The molecule has 3 rings (SSSR count). The molecule has 1 amide bonds. The van der Waals surface area contributed by atoms with E-state index in [4.69, 9.17) is 0 Å². The van der Waals surface area contributed by atoms with Crippen molar-refractivity contribution in [3.63, 3.8) is 0 Å². The Hall–Kier alpha value is -2.24. The van der Waals surface area contributed by atoms with Crippen LogP contribution in [0.4, 0.5) is 0 Å². The molecule has 6 nitrogen and oxygen atoms in total. The fourth-order valence-electron chi connectivity index (χ4n) is 3.29. The molecule has 24 heavy (non-hydrogen) atoms. The maximum Gasteiger partial charge on any atom is 0.222 e.